The van der Waals surface area contributed by atoms with E-state index in [9.17, 15) is 0 Å². The summed E-state index contributed by atoms with van der Waals surface area (Å²) in [4.78, 5) is 7.74. The first-order valence-corrected chi connectivity index (χ1v) is 5.38. The lowest BCUT2D eigenvalue weighted by Gasteiger charge is -2.00. The molecule has 82 valence electrons. The molecular weight excluding hydrogens is 200 g/mol. The zero-order valence-electron chi connectivity index (χ0n) is 9.29. The van der Waals surface area contributed by atoms with Gasteiger partial charge >= 0.3 is 0 Å². The van der Waals surface area contributed by atoms with Gasteiger partial charge in [-0.1, -0.05) is 12.8 Å². The Labute approximate surface area is 94.8 Å². The van der Waals surface area contributed by atoms with Gasteiger partial charge in [0.15, 0.2) is 0 Å². The molecule has 3 nitrogen and oxygen atoms in total. The van der Waals surface area contributed by atoms with Gasteiger partial charge in [0.1, 0.15) is 18.2 Å². The number of aromatic amines is 1. The van der Waals surface area contributed by atoms with Gasteiger partial charge in [-0.15, -0.1) is 6.42 Å². The van der Waals surface area contributed by atoms with Crippen LogP contribution in [0.1, 0.15) is 19.2 Å². The van der Waals surface area contributed by atoms with Crippen molar-refractivity contribution >= 4 is 11.0 Å². The third kappa shape index (κ3) is 2.17. The number of nitrogens with one attached hydrogen (secondary N) is 1. The highest BCUT2D eigenvalue weighted by atomic mass is 16.5. The number of rotatable bonds is 4. The van der Waals surface area contributed by atoms with Crippen molar-refractivity contribution in [1.82, 2.24) is 9.97 Å². The minimum absolute atomic E-state index is 0.293. The van der Waals surface area contributed by atoms with Crippen LogP contribution < -0.4 is 4.74 Å². The molecule has 0 saturated heterocycles. The first-order chi connectivity index (χ1) is 7.83. The number of hydrogen-bond donors (Lipinski definition) is 1. The molecule has 0 radical (unpaired) electrons. The lowest BCUT2D eigenvalue weighted by atomic mass is 10.3. The number of aryl methyl sites for hydroxylation is 1. The topological polar surface area (TPSA) is 37.9 Å². The average Bonchev–Trinajstić information content (AvgIpc) is 2.68. The molecule has 1 aromatic carbocycles. The van der Waals surface area contributed by atoms with Crippen molar-refractivity contribution in [2.75, 3.05) is 6.61 Å². The van der Waals surface area contributed by atoms with Crippen LogP contribution in [0.25, 0.3) is 11.0 Å². The van der Waals surface area contributed by atoms with E-state index in [0.717, 1.165) is 35.4 Å². The number of aromatic nitrogens is 2. The number of hydrogen-bond acceptors (Lipinski definition) is 2. The van der Waals surface area contributed by atoms with Crippen LogP contribution in [-0.2, 0) is 6.42 Å². The van der Waals surface area contributed by atoms with Crippen LogP contribution in [0.3, 0.4) is 0 Å². The van der Waals surface area contributed by atoms with Crippen LogP contribution in [0.4, 0.5) is 0 Å². The molecule has 0 spiro atoms. The second kappa shape index (κ2) is 4.71. The Kier molecular flexibility index (Phi) is 3.11. The molecule has 0 bridgehead atoms. The standard InChI is InChI=1S/C13H14N2O/c1-3-5-13-14-11-7-6-10(16-8-4-2)9-12(11)15-13/h2,6-7,9H,3,5,8H2,1H3,(H,14,15). The summed E-state index contributed by atoms with van der Waals surface area (Å²) in [7, 11) is 0. The summed E-state index contributed by atoms with van der Waals surface area (Å²) in [6.07, 6.45) is 7.19. The van der Waals surface area contributed by atoms with E-state index >= 15 is 0 Å². The van der Waals surface area contributed by atoms with Crippen LogP contribution >= 0.6 is 0 Å². The van der Waals surface area contributed by atoms with Crippen molar-refractivity contribution in [3.8, 4) is 18.1 Å². The molecule has 1 aromatic heterocycles. The predicted octanol–water partition coefficient (Wildman–Crippen LogP) is 2.53. The zero-order valence-corrected chi connectivity index (χ0v) is 9.29. The zero-order chi connectivity index (χ0) is 11.4. The van der Waals surface area contributed by atoms with Gasteiger partial charge in [0.2, 0.25) is 0 Å². The number of ether oxygens (including phenoxy) is 1. The van der Waals surface area contributed by atoms with Gasteiger partial charge in [-0.3, -0.25) is 0 Å². The Morgan fingerprint density at radius 3 is 3.12 bits per heavy atom. The molecule has 1 heterocycles. The molecule has 0 aliphatic heterocycles. The monoisotopic (exact) mass is 214 g/mol. The number of terminal acetylenes is 1. The highest BCUT2D eigenvalue weighted by Crippen LogP contribution is 2.19. The lowest BCUT2D eigenvalue weighted by molar-refractivity contribution is 0.371. The Morgan fingerprint density at radius 1 is 1.50 bits per heavy atom. The molecule has 0 amide bonds. The largest absolute Gasteiger partial charge is 0.481 e. The molecular formula is C13H14N2O. The Hall–Kier alpha value is -1.95. The number of imidazole rings is 1. The fourth-order valence-electron chi connectivity index (χ4n) is 1.61. The molecule has 0 unspecified atom stereocenters. The predicted molar refractivity (Wildman–Crippen MR) is 64.4 cm³/mol. The molecule has 0 saturated carbocycles. The summed E-state index contributed by atoms with van der Waals surface area (Å²) >= 11 is 0. The fraction of sp³-hybridized carbons (Fsp3) is 0.308. The minimum Gasteiger partial charge on any atom is -0.481 e. The number of nitrogens with zero attached hydrogens (tertiary/aromatic N) is 1. The highest BCUT2D eigenvalue weighted by Gasteiger charge is 2.03. The van der Waals surface area contributed by atoms with E-state index in [1.807, 2.05) is 18.2 Å². The normalized spacial score (nSPS) is 10.2. The molecule has 0 aliphatic carbocycles. The second-order valence-electron chi connectivity index (χ2n) is 3.61. The Bertz CT molecular complexity index is 522. The number of fused-ring (bicyclic) bond motifs is 1. The van der Waals surface area contributed by atoms with E-state index in [2.05, 4.69) is 22.8 Å². The molecule has 0 fully saturated rings. The summed E-state index contributed by atoms with van der Waals surface area (Å²) in [6.45, 7) is 2.43. The van der Waals surface area contributed by atoms with Crippen LogP contribution in [0, 0.1) is 12.3 Å². The van der Waals surface area contributed by atoms with Crippen molar-refractivity contribution in [3.05, 3.63) is 24.0 Å². The van der Waals surface area contributed by atoms with E-state index in [0.29, 0.717) is 6.61 Å². The van der Waals surface area contributed by atoms with Gasteiger partial charge in [0.25, 0.3) is 0 Å². The molecule has 1 N–H and O–H groups in total. The third-order valence-electron chi connectivity index (χ3n) is 2.31. The molecule has 0 aliphatic rings. The fourth-order valence-corrected chi connectivity index (χ4v) is 1.61. The molecule has 0 atom stereocenters. The van der Waals surface area contributed by atoms with Crippen molar-refractivity contribution in [2.45, 2.75) is 19.8 Å². The quantitative estimate of drug-likeness (QED) is 0.794. The highest BCUT2D eigenvalue weighted by molar-refractivity contribution is 5.76. The third-order valence-corrected chi connectivity index (χ3v) is 2.31. The van der Waals surface area contributed by atoms with Crippen LogP contribution in [0.5, 0.6) is 5.75 Å². The molecule has 2 aromatic rings. The molecule has 2 rings (SSSR count). The molecule has 3 heteroatoms. The summed E-state index contributed by atoms with van der Waals surface area (Å²) in [5.41, 5.74) is 1.97. The SMILES string of the molecule is C#CCOc1ccc2nc(CCC)[nH]c2c1. The van der Waals surface area contributed by atoms with Gasteiger partial charge in [-0.25, -0.2) is 4.98 Å². The van der Waals surface area contributed by atoms with E-state index in [1.54, 1.807) is 0 Å². The average molecular weight is 214 g/mol. The van der Waals surface area contributed by atoms with Crippen molar-refractivity contribution in [1.29, 1.82) is 0 Å². The van der Waals surface area contributed by atoms with Gasteiger partial charge in [0.05, 0.1) is 11.0 Å². The van der Waals surface area contributed by atoms with Gasteiger partial charge in [-0.2, -0.15) is 0 Å². The van der Waals surface area contributed by atoms with Gasteiger partial charge in [0, 0.05) is 12.5 Å². The van der Waals surface area contributed by atoms with Gasteiger partial charge in [-0.05, 0) is 18.6 Å². The first-order valence-electron chi connectivity index (χ1n) is 5.38. The van der Waals surface area contributed by atoms with Crippen LogP contribution in [0.15, 0.2) is 18.2 Å². The van der Waals surface area contributed by atoms with Crippen molar-refractivity contribution in [2.24, 2.45) is 0 Å². The van der Waals surface area contributed by atoms with E-state index in [4.69, 9.17) is 11.2 Å². The van der Waals surface area contributed by atoms with Crippen molar-refractivity contribution in [3.63, 3.8) is 0 Å². The molecule has 16 heavy (non-hydrogen) atoms. The maximum atomic E-state index is 5.35. The van der Waals surface area contributed by atoms with E-state index in [-0.39, 0.29) is 0 Å². The lowest BCUT2D eigenvalue weighted by Crippen LogP contribution is -1.92. The smallest absolute Gasteiger partial charge is 0.148 e. The van der Waals surface area contributed by atoms with Crippen molar-refractivity contribution < 1.29 is 4.74 Å². The maximum Gasteiger partial charge on any atom is 0.148 e. The van der Waals surface area contributed by atoms with E-state index in [1.165, 1.54) is 0 Å². The van der Waals surface area contributed by atoms with E-state index < -0.39 is 0 Å². The summed E-state index contributed by atoms with van der Waals surface area (Å²) < 4.78 is 5.35. The minimum atomic E-state index is 0.293. The second-order valence-corrected chi connectivity index (χ2v) is 3.61. The summed E-state index contributed by atoms with van der Waals surface area (Å²) in [6, 6.07) is 5.76. The van der Waals surface area contributed by atoms with Crippen LogP contribution in [0.2, 0.25) is 0 Å². The Morgan fingerprint density at radius 2 is 2.38 bits per heavy atom. The summed E-state index contributed by atoms with van der Waals surface area (Å²) in [5, 5.41) is 0. The Balaban J connectivity index is 2.27. The maximum absolute atomic E-state index is 5.35. The van der Waals surface area contributed by atoms with Crippen LogP contribution in [-0.4, -0.2) is 16.6 Å². The van der Waals surface area contributed by atoms with Gasteiger partial charge < -0.3 is 9.72 Å². The first kappa shape index (κ1) is 10.6. The number of benzene rings is 1. The number of H-pyrrole nitrogens is 1. The summed E-state index contributed by atoms with van der Waals surface area (Å²) in [5.74, 6) is 4.24.